The van der Waals surface area contributed by atoms with Crippen LogP contribution < -0.4 is 5.32 Å². The molecule has 6 heteroatoms. The second kappa shape index (κ2) is 7.34. The number of aromatic hydroxyl groups is 1. The van der Waals surface area contributed by atoms with E-state index in [1.165, 1.54) is 6.33 Å². The van der Waals surface area contributed by atoms with Crippen LogP contribution in [0, 0.1) is 0 Å². The van der Waals surface area contributed by atoms with Crippen LogP contribution in [0.5, 0.6) is 5.75 Å². The maximum Gasteiger partial charge on any atom is 0.139 e. The van der Waals surface area contributed by atoms with Crippen molar-refractivity contribution in [3.05, 3.63) is 71.9 Å². The Morgan fingerprint density at radius 3 is 2.48 bits per heavy atom. The van der Waals surface area contributed by atoms with Crippen molar-refractivity contribution >= 4 is 27.4 Å². The molecule has 0 bridgehead atoms. The van der Waals surface area contributed by atoms with E-state index < -0.39 is 6.10 Å². The van der Waals surface area contributed by atoms with Crippen LogP contribution in [0.4, 0.5) is 5.82 Å². The van der Waals surface area contributed by atoms with Gasteiger partial charge in [0.2, 0.25) is 0 Å². The highest BCUT2D eigenvalue weighted by molar-refractivity contribution is 7.17. The number of benzene rings is 2. The molecule has 0 saturated carbocycles. The number of hydrogen-bond acceptors (Lipinski definition) is 6. The van der Waals surface area contributed by atoms with E-state index in [0.29, 0.717) is 5.82 Å². The van der Waals surface area contributed by atoms with Gasteiger partial charge in [0.1, 0.15) is 22.7 Å². The number of nitrogens with zero attached hydrogens (tertiary/aromatic N) is 2. The van der Waals surface area contributed by atoms with Crippen LogP contribution in [-0.4, -0.2) is 26.2 Å². The molecule has 2 atom stereocenters. The van der Waals surface area contributed by atoms with Gasteiger partial charge in [0.05, 0.1) is 17.5 Å². The molecular formula is C21H19N3O2S. The first kappa shape index (κ1) is 17.5. The van der Waals surface area contributed by atoms with Gasteiger partial charge in [0.15, 0.2) is 0 Å². The summed E-state index contributed by atoms with van der Waals surface area (Å²) in [6, 6.07) is 16.4. The molecule has 27 heavy (non-hydrogen) atoms. The van der Waals surface area contributed by atoms with E-state index in [0.717, 1.165) is 26.9 Å². The number of rotatable bonds is 5. The van der Waals surface area contributed by atoms with Gasteiger partial charge in [-0.3, -0.25) is 0 Å². The first-order valence-electron chi connectivity index (χ1n) is 8.64. The molecule has 2 aromatic carbocycles. The lowest BCUT2D eigenvalue weighted by Gasteiger charge is -2.21. The second-order valence-corrected chi connectivity index (χ2v) is 7.25. The summed E-state index contributed by atoms with van der Waals surface area (Å²) in [7, 11) is 0. The smallest absolute Gasteiger partial charge is 0.139 e. The molecule has 0 spiro atoms. The standard InChI is InChI=1S/C21H19N3O2S/c1-13(19(26)15-7-9-16(25)10-8-15)24-20-18-17(14-5-3-2-4-6-14)11-27-21(18)23-12-22-20/h2-13,19,25-26H,1H3,(H,22,23,24). The highest BCUT2D eigenvalue weighted by Crippen LogP contribution is 2.37. The number of aliphatic hydroxyl groups is 1. The Bertz CT molecular complexity index is 1050. The molecule has 0 fully saturated rings. The van der Waals surface area contributed by atoms with Gasteiger partial charge in [-0.05, 0) is 30.2 Å². The summed E-state index contributed by atoms with van der Waals surface area (Å²) in [6.45, 7) is 1.90. The number of aromatic nitrogens is 2. The van der Waals surface area contributed by atoms with Crippen molar-refractivity contribution in [3.63, 3.8) is 0 Å². The number of hydrogen-bond donors (Lipinski definition) is 3. The molecule has 4 rings (SSSR count). The van der Waals surface area contributed by atoms with E-state index in [1.54, 1.807) is 35.6 Å². The quantitative estimate of drug-likeness (QED) is 0.474. The number of phenols is 1. The van der Waals surface area contributed by atoms with Gasteiger partial charge in [-0.25, -0.2) is 9.97 Å². The van der Waals surface area contributed by atoms with Crippen molar-refractivity contribution < 1.29 is 10.2 Å². The van der Waals surface area contributed by atoms with Crippen molar-refractivity contribution in [1.29, 1.82) is 0 Å². The Morgan fingerprint density at radius 2 is 1.74 bits per heavy atom. The Hall–Kier alpha value is -2.96. The number of nitrogens with one attached hydrogen (secondary N) is 1. The van der Waals surface area contributed by atoms with Crippen LogP contribution in [0.1, 0.15) is 18.6 Å². The Kier molecular flexibility index (Phi) is 4.75. The predicted octanol–water partition coefficient (Wildman–Crippen LogP) is 4.60. The van der Waals surface area contributed by atoms with Crippen molar-refractivity contribution in [2.45, 2.75) is 19.1 Å². The summed E-state index contributed by atoms with van der Waals surface area (Å²) in [5.41, 5.74) is 2.91. The minimum atomic E-state index is -0.741. The third kappa shape index (κ3) is 3.49. The van der Waals surface area contributed by atoms with E-state index in [-0.39, 0.29) is 11.8 Å². The molecule has 0 radical (unpaired) electrons. The summed E-state index contributed by atoms with van der Waals surface area (Å²) in [6.07, 6.45) is 0.796. The van der Waals surface area contributed by atoms with E-state index >= 15 is 0 Å². The molecule has 0 saturated heterocycles. The summed E-state index contributed by atoms with van der Waals surface area (Å²) in [5, 5.41) is 26.5. The van der Waals surface area contributed by atoms with E-state index in [2.05, 4.69) is 32.8 Å². The molecule has 5 nitrogen and oxygen atoms in total. The monoisotopic (exact) mass is 377 g/mol. The van der Waals surface area contributed by atoms with Gasteiger partial charge in [-0.15, -0.1) is 11.3 Å². The molecule has 0 amide bonds. The van der Waals surface area contributed by atoms with Crippen LogP contribution in [0.3, 0.4) is 0 Å². The summed E-state index contributed by atoms with van der Waals surface area (Å²) in [4.78, 5) is 9.71. The number of anilines is 1. The Labute approximate surface area is 161 Å². The van der Waals surface area contributed by atoms with Crippen LogP contribution in [-0.2, 0) is 0 Å². The highest BCUT2D eigenvalue weighted by Gasteiger charge is 2.20. The van der Waals surface area contributed by atoms with Crippen molar-refractivity contribution in [2.24, 2.45) is 0 Å². The summed E-state index contributed by atoms with van der Waals surface area (Å²) >= 11 is 1.58. The summed E-state index contributed by atoms with van der Waals surface area (Å²) in [5.74, 6) is 0.875. The molecule has 2 unspecified atom stereocenters. The lowest BCUT2D eigenvalue weighted by molar-refractivity contribution is 0.160. The largest absolute Gasteiger partial charge is 0.508 e. The number of phenolic OH excluding ortho intramolecular Hbond substituents is 1. The average Bonchev–Trinajstić information content (AvgIpc) is 3.14. The minimum absolute atomic E-state index is 0.176. The normalized spacial score (nSPS) is 13.4. The van der Waals surface area contributed by atoms with Gasteiger partial charge in [-0.1, -0.05) is 42.5 Å². The third-order valence-corrected chi connectivity index (χ3v) is 5.41. The molecule has 0 aliphatic carbocycles. The van der Waals surface area contributed by atoms with E-state index in [1.807, 2.05) is 25.1 Å². The van der Waals surface area contributed by atoms with Crippen LogP contribution in [0.2, 0.25) is 0 Å². The molecule has 2 heterocycles. The van der Waals surface area contributed by atoms with Crippen LogP contribution >= 0.6 is 11.3 Å². The van der Waals surface area contributed by atoms with Crippen molar-refractivity contribution in [1.82, 2.24) is 9.97 Å². The van der Waals surface area contributed by atoms with Gasteiger partial charge < -0.3 is 15.5 Å². The van der Waals surface area contributed by atoms with Crippen LogP contribution in [0.25, 0.3) is 21.3 Å². The second-order valence-electron chi connectivity index (χ2n) is 6.39. The Balaban J connectivity index is 1.67. The molecule has 0 aliphatic rings. The average molecular weight is 377 g/mol. The zero-order chi connectivity index (χ0) is 18.8. The maximum atomic E-state index is 10.7. The predicted molar refractivity (Wildman–Crippen MR) is 109 cm³/mol. The van der Waals surface area contributed by atoms with Crippen molar-refractivity contribution in [2.75, 3.05) is 5.32 Å². The molecule has 4 aromatic rings. The number of aliphatic hydroxyl groups excluding tert-OH is 1. The van der Waals surface area contributed by atoms with E-state index in [9.17, 15) is 10.2 Å². The minimum Gasteiger partial charge on any atom is -0.508 e. The Morgan fingerprint density at radius 1 is 1.00 bits per heavy atom. The number of thiophene rings is 1. The molecular weight excluding hydrogens is 358 g/mol. The fourth-order valence-electron chi connectivity index (χ4n) is 3.07. The fourth-order valence-corrected chi connectivity index (χ4v) is 3.99. The summed E-state index contributed by atoms with van der Waals surface area (Å²) < 4.78 is 0. The van der Waals surface area contributed by atoms with Gasteiger partial charge in [-0.2, -0.15) is 0 Å². The van der Waals surface area contributed by atoms with Crippen molar-refractivity contribution in [3.8, 4) is 16.9 Å². The van der Waals surface area contributed by atoms with Gasteiger partial charge >= 0.3 is 0 Å². The SMILES string of the molecule is CC(Nc1ncnc2scc(-c3ccccc3)c12)C(O)c1ccc(O)cc1. The van der Waals surface area contributed by atoms with E-state index in [4.69, 9.17) is 0 Å². The third-order valence-electron chi connectivity index (χ3n) is 4.53. The number of fused-ring (bicyclic) bond motifs is 1. The lowest BCUT2D eigenvalue weighted by atomic mass is 10.0. The zero-order valence-corrected chi connectivity index (χ0v) is 15.5. The highest BCUT2D eigenvalue weighted by atomic mass is 32.1. The molecule has 2 aromatic heterocycles. The molecule has 136 valence electrons. The van der Waals surface area contributed by atoms with Crippen LogP contribution in [0.15, 0.2) is 66.3 Å². The maximum absolute atomic E-state index is 10.7. The first-order valence-corrected chi connectivity index (χ1v) is 9.52. The van der Waals surface area contributed by atoms with Gasteiger partial charge in [0, 0.05) is 10.9 Å². The zero-order valence-electron chi connectivity index (χ0n) is 14.7. The molecule has 0 aliphatic heterocycles. The fraction of sp³-hybridized carbons (Fsp3) is 0.143. The first-order chi connectivity index (χ1) is 13.1. The van der Waals surface area contributed by atoms with Gasteiger partial charge in [0.25, 0.3) is 0 Å². The topological polar surface area (TPSA) is 78.3 Å². The lowest BCUT2D eigenvalue weighted by Crippen LogP contribution is -2.24. The molecule has 3 N–H and O–H groups in total.